The van der Waals surface area contributed by atoms with E-state index in [0.29, 0.717) is 10.6 Å². The Labute approximate surface area is 147 Å². The zero-order valence-corrected chi connectivity index (χ0v) is 15.1. The smallest absolute Gasteiger partial charge is 0.306 e. The lowest BCUT2D eigenvalue weighted by atomic mass is 10.2. The number of rotatable bonds is 8. The zero-order chi connectivity index (χ0) is 16.7. The fraction of sp³-hybridized carbons (Fsp3) is 0.294. The number of carbonyl (C=O) groups excluding carboxylic acids is 2. The number of thiophene rings is 1. The summed E-state index contributed by atoms with van der Waals surface area (Å²) in [5, 5.41) is 0. The summed E-state index contributed by atoms with van der Waals surface area (Å²) in [5.41, 5.74) is 0. The minimum Gasteiger partial charge on any atom is -0.490 e. The minimum atomic E-state index is -0.385. The second-order valence-electron chi connectivity index (χ2n) is 4.86. The topological polar surface area (TPSA) is 52.6 Å². The molecule has 0 saturated heterocycles. The number of ether oxygens (including phenoxy) is 2. The Morgan fingerprint density at radius 1 is 1.13 bits per heavy atom. The monoisotopic (exact) mass is 396 g/mol. The Balaban J connectivity index is 1.62. The summed E-state index contributed by atoms with van der Waals surface area (Å²) in [6.07, 6.45) is 0.262. The van der Waals surface area contributed by atoms with Crippen LogP contribution in [0.2, 0.25) is 0 Å². The molecule has 0 spiro atoms. The summed E-state index contributed by atoms with van der Waals surface area (Å²) in [5.74, 6) is 0.300. The van der Waals surface area contributed by atoms with Crippen LogP contribution in [0.1, 0.15) is 27.4 Å². The Hall–Kier alpha value is -1.66. The standard InChI is InChI=1S/C17H17BrO4S/c1-12-5-7-16(23-12)15(19)6-8-17(20)22-10-9-21-14-4-2-3-13(18)11-14/h2-5,7,11H,6,8-10H2,1H3. The molecule has 1 aromatic carbocycles. The van der Waals surface area contributed by atoms with Crippen LogP contribution in [0.15, 0.2) is 40.9 Å². The number of carbonyl (C=O) groups is 2. The molecule has 2 aromatic rings. The van der Waals surface area contributed by atoms with Crippen molar-refractivity contribution in [3.63, 3.8) is 0 Å². The summed E-state index contributed by atoms with van der Waals surface area (Å²) >= 11 is 4.79. The summed E-state index contributed by atoms with van der Waals surface area (Å²) < 4.78 is 11.4. The van der Waals surface area contributed by atoms with Crippen molar-refractivity contribution in [3.05, 3.63) is 50.6 Å². The molecule has 0 N–H and O–H groups in total. The van der Waals surface area contributed by atoms with E-state index in [-0.39, 0.29) is 37.8 Å². The quantitative estimate of drug-likeness (QED) is 0.376. The summed E-state index contributed by atoms with van der Waals surface area (Å²) in [6, 6.07) is 11.1. The first kappa shape index (κ1) is 17.7. The average molecular weight is 397 g/mol. The van der Waals surface area contributed by atoms with E-state index in [4.69, 9.17) is 9.47 Å². The maximum atomic E-state index is 11.9. The van der Waals surface area contributed by atoms with Gasteiger partial charge in [0.2, 0.25) is 0 Å². The normalized spacial score (nSPS) is 10.3. The lowest BCUT2D eigenvalue weighted by Gasteiger charge is -2.07. The molecule has 122 valence electrons. The molecule has 0 unspecified atom stereocenters. The van der Waals surface area contributed by atoms with Gasteiger partial charge in [0.15, 0.2) is 5.78 Å². The highest BCUT2D eigenvalue weighted by molar-refractivity contribution is 9.10. The predicted octanol–water partition coefficient (Wildman–Crippen LogP) is 4.40. The molecule has 0 saturated carbocycles. The first-order valence-electron chi connectivity index (χ1n) is 7.18. The largest absolute Gasteiger partial charge is 0.490 e. The highest BCUT2D eigenvalue weighted by Crippen LogP contribution is 2.18. The minimum absolute atomic E-state index is 0.0227. The molecule has 1 aromatic heterocycles. The molecule has 1 heterocycles. The van der Waals surface area contributed by atoms with E-state index >= 15 is 0 Å². The van der Waals surface area contributed by atoms with Gasteiger partial charge in [0, 0.05) is 15.8 Å². The molecule has 0 aliphatic rings. The Bertz CT molecular complexity index is 681. The first-order chi connectivity index (χ1) is 11.0. The van der Waals surface area contributed by atoms with E-state index in [9.17, 15) is 9.59 Å². The van der Waals surface area contributed by atoms with Crippen LogP contribution < -0.4 is 4.74 Å². The second-order valence-corrected chi connectivity index (χ2v) is 7.06. The number of aryl methyl sites for hydroxylation is 1. The van der Waals surface area contributed by atoms with Crippen molar-refractivity contribution in [1.29, 1.82) is 0 Å². The van der Waals surface area contributed by atoms with Crippen LogP contribution in [-0.4, -0.2) is 25.0 Å². The SMILES string of the molecule is Cc1ccc(C(=O)CCC(=O)OCCOc2cccc(Br)c2)s1. The van der Waals surface area contributed by atoms with Gasteiger partial charge in [-0.1, -0.05) is 22.0 Å². The lowest BCUT2D eigenvalue weighted by Crippen LogP contribution is -2.13. The highest BCUT2D eigenvalue weighted by atomic mass is 79.9. The van der Waals surface area contributed by atoms with E-state index in [0.717, 1.165) is 9.35 Å². The maximum Gasteiger partial charge on any atom is 0.306 e. The number of hydrogen-bond acceptors (Lipinski definition) is 5. The van der Waals surface area contributed by atoms with E-state index in [2.05, 4.69) is 15.9 Å². The third-order valence-electron chi connectivity index (χ3n) is 2.98. The maximum absolute atomic E-state index is 11.9. The molecule has 4 nitrogen and oxygen atoms in total. The van der Waals surface area contributed by atoms with Crippen LogP contribution in [0.5, 0.6) is 5.75 Å². The van der Waals surface area contributed by atoms with Crippen molar-refractivity contribution in [2.45, 2.75) is 19.8 Å². The molecular weight excluding hydrogens is 380 g/mol. The van der Waals surface area contributed by atoms with Crippen molar-refractivity contribution in [2.24, 2.45) is 0 Å². The molecule has 2 rings (SSSR count). The van der Waals surface area contributed by atoms with Gasteiger partial charge in [-0.05, 0) is 37.3 Å². The van der Waals surface area contributed by atoms with Crippen LogP contribution in [0.25, 0.3) is 0 Å². The van der Waals surface area contributed by atoms with Gasteiger partial charge in [-0.2, -0.15) is 0 Å². The third-order valence-corrected chi connectivity index (χ3v) is 4.52. The number of esters is 1. The van der Waals surface area contributed by atoms with Crippen LogP contribution in [0.3, 0.4) is 0 Å². The molecule has 0 bridgehead atoms. The van der Waals surface area contributed by atoms with Gasteiger partial charge in [-0.3, -0.25) is 9.59 Å². The number of Topliss-reactive ketones (excluding diaryl/α,β-unsaturated/α-hetero) is 1. The summed E-state index contributed by atoms with van der Waals surface area (Å²) in [7, 11) is 0. The summed E-state index contributed by atoms with van der Waals surface area (Å²) in [4.78, 5) is 25.3. The molecular formula is C17H17BrO4S. The van der Waals surface area contributed by atoms with Gasteiger partial charge < -0.3 is 9.47 Å². The third kappa shape index (κ3) is 6.15. The fourth-order valence-corrected chi connectivity index (χ4v) is 3.08. The molecule has 6 heteroatoms. The van der Waals surface area contributed by atoms with Gasteiger partial charge in [0.25, 0.3) is 0 Å². The van der Waals surface area contributed by atoms with E-state index in [1.807, 2.05) is 37.3 Å². The van der Waals surface area contributed by atoms with Crippen molar-refractivity contribution in [3.8, 4) is 5.75 Å². The predicted molar refractivity (Wildman–Crippen MR) is 93.2 cm³/mol. The van der Waals surface area contributed by atoms with Crippen molar-refractivity contribution >= 4 is 39.0 Å². The van der Waals surface area contributed by atoms with E-state index < -0.39 is 0 Å². The second kappa shape index (κ2) is 8.84. The van der Waals surface area contributed by atoms with Crippen molar-refractivity contribution < 1.29 is 19.1 Å². The Morgan fingerprint density at radius 2 is 1.96 bits per heavy atom. The van der Waals surface area contributed by atoms with Gasteiger partial charge >= 0.3 is 5.97 Å². The number of benzene rings is 1. The van der Waals surface area contributed by atoms with Crippen LogP contribution in [0.4, 0.5) is 0 Å². The molecule has 0 radical (unpaired) electrons. The van der Waals surface area contributed by atoms with Crippen LogP contribution in [0, 0.1) is 6.92 Å². The number of ketones is 1. The van der Waals surface area contributed by atoms with Crippen LogP contribution in [-0.2, 0) is 9.53 Å². The molecule has 0 fully saturated rings. The molecule has 23 heavy (non-hydrogen) atoms. The van der Waals surface area contributed by atoms with E-state index in [1.165, 1.54) is 11.3 Å². The van der Waals surface area contributed by atoms with E-state index in [1.54, 1.807) is 6.07 Å². The van der Waals surface area contributed by atoms with Crippen molar-refractivity contribution in [1.82, 2.24) is 0 Å². The number of hydrogen-bond donors (Lipinski definition) is 0. The van der Waals surface area contributed by atoms with Crippen LogP contribution >= 0.6 is 27.3 Å². The van der Waals surface area contributed by atoms with Gasteiger partial charge in [0.05, 0.1) is 11.3 Å². The zero-order valence-electron chi connectivity index (χ0n) is 12.7. The lowest BCUT2D eigenvalue weighted by molar-refractivity contribution is -0.144. The summed E-state index contributed by atoms with van der Waals surface area (Å²) in [6.45, 7) is 2.39. The van der Waals surface area contributed by atoms with Gasteiger partial charge in [-0.25, -0.2) is 0 Å². The average Bonchev–Trinajstić information content (AvgIpc) is 2.96. The first-order valence-corrected chi connectivity index (χ1v) is 8.79. The van der Waals surface area contributed by atoms with Gasteiger partial charge in [0.1, 0.15) is 19.0 Å². The Morgan fingerprint density at radius 3 is 2.65 bits per heavy atom. The molecule has 0 aliphatic carbocycles. The molecule has 0 amide bonds. The van der Waals surface area contributed by atoms with Crippen molar-refractivity contribution in [2.75, 3.05) is 13.2 Å². The number of halogens is 1. The molecule has 0 aliphatic heterocycles. The highest BCUT2D eigenvalue weighted by Gasteiger charge is 2.11. The Kier molecular flexibility index (Phi) is 6.80. The molecule has 0 atom stereocenters. The fourth-order valence-electron chi connectivity index (χ4n) is 1.87. The van der Waals surface area contributed by atoms with Gasteiger partial charge in [-0.15, -0.1) is 11.3 Å².